The summed E-state index contributed by atoms with van der Waals surface area (Å²) in [6, 6.07) is 2.94. The molecule has 1 aromatic carbocycles. The Bertz CT molecular complexity index is 409. The molecule has 0 spiro atoms. The minimum absolute atomic E-state index is 0.252. The van der Waals surface area contributed by atoms with Gasteiger partial charge in [-0.05, 0) is 30.0 Å². The molecule has 1 aromatic rings. The summed E-state index contributed by atoms with van der Waals surface area (Å²) in [6.45, 7) is 10.9. The molecular formula is C16H26F2N2. The van der Waals surface area contributed by atoms with Crippen LogP contribution in [0, 0.1) is 23.5 Å². The van der Waals surface area contributed by atoms with Crippen molar-refractivity contribution in [1.82, 2.24) is 4.90 Å². The lowest BCUT2D eigenvalue weighted by atomic mass is 10.0. The second kappa shape index (κ2) is 7.70. The molecule has 2 nitrogen and oxygen atoms in total. The summed E-state index contributed by atoms with van der Waals surface area (Å²) in [5, 5.41) is 0. The zero-order valence-electron chi connectivity index (χ0n) is 12.9. The maximum atomic E-state index is 13.7. The quantitative estimate of drug-likeness (QED) is 0.829. The van der Waals surface area contributed by atoms with Crippen LogP contribution in [0.15, 0.2) is 18.2 Å². The molecule has 0 amide bonds. The highest BCUT2D eigenvalue weighted by Crippen LogP contribution is 2.18. The third-order valence-corrected chi connectivity index (χ3v) is 3.06. The van der Waals surface area contributed by atoms with E-state index in [-0.39, 0.29) is 5.56 Å². The Balaban J connectivity index is 2.78. The first-order valence-corrected chi connectivity index (χ1v) is 7.22. The van der Waals surface area contributed by atoms with E-state index in [0.717, 1.165) is 25.2 Å². The Hall–Kier alpha value is -1.00. The Morgan fingerprint density at radius 1 is 1.00 bits per heavy atom. The van der Waals surface area contributed by atoms with Crippen LogP contribution in [0.1, 0.15) is 39.3 Å². The number of rotatable bonds is 7. The largest absolute Gasteiger partial charge is 0.323 e. The maximum Gasteiger partial charge on any atom is 0.128 e. The lowest BCUT2D eigenvalue weighted by Gasteiger charge is -2.29. The van der Waals surface area contributed by atoms with E-state index in [0.29, 0.717) is 18.4 Å². The van der Waals surface area contributed by atoms with Gasteiger partial charge in [0.2, 0.25) is 0 Å². The Morgan fingerprint density at radius 3 is 2.05 bits per heavy atom. The van der Waals surface area contributed by atoms with E-state index < -0.39 is 17.7 Å². The highest BCUT2D eigenvalue weighted by Gasteiger charge is 2.18. The Kier molecular flexibility index (Phi) is 6.56. The third kappa shape index (κ3) is 5.55. The minimum Gasteiger partial charge on any atom is -0.323 e. The smallest absolute Gasteiger partial charge is 0.128 e. The summed E-state index contributed by atoms with van der Waals surface area (Å²) in [5.74, 6) is 0.140. The summed E-state index contributed by atoms with van der Waals surface area (Å²) >= 11 is 0. The molecule has 0 aliphatic carbocycles. The van der Waals surface area contributed by atoms with Crippen LogP contribution < -0.4 is 5.73 Å². The molecule has 20 heavy (non-hydrogen) atoms. The van der Waals surface area contributed by atoms with Crippen LogP contribution in [0.4, 0.5) is 8.78 Å². The van der Waals surface area contributed by atoms with E-state index >= 15 is 0 Å². The van der Waals surface area contributed by atoms with Gasteiger partial charge in [-0.15, -0.1) is 0 Å². The van der Waals surface area contributed by atoms with E-state index in [1.54, 1.807) is 0 Å². The molecular weight excluding hydrogens is 258 g/mol. The second-order valence-electron chi connectivity index (χ2n) is 6.28. The van der Waals surface area contributed by atoms with Gasteiger partial charge in [0.25, 0.3) is 0 Å². The number of hydrogen-bond acceptors (Lipinski definition) is 2. The van der Waals surface area contributed by atoms with E-state index in [9.17, 15) is 8.78 Å². The van der Waals surface area contributed by atoms with Crippen molar-refractivity contribution in [3.05, 3.63) is 35.4 Å². The topological polar surface area (TPSA) is 29.3 Å². The maximum absolute atomic E-state index is 13.7. The van der Waals surface area contributed by atoms with Crippen molar-refractivity contribution in [2.24, 2.45) is 17.6 Å². The van der Waals surface area contributed by atoms with Crippen molar-refractivity contribution in [3.63, 3.8) is 0 Å². The van der Waals surface area contributed by atoms with Crippen molar-refractivity contribution in [2.45, 2.75) is 33.7 Å². The number of halogens is 2. The van der Waals surface area contributed by atoms with Crippen LogP contribution in [-0.4, -0.2) is 24.5 Å². The Labute approximate surface area is 121 Å². The van der Waals surface area contributed by atoms with E-state index in [2.05, 4.69) is 32.6 Å². The van der Waals surface area contributed by atoms with Gasteiger partial charge in [0, 0.05) is 31.2 Å². The zero-order valence-corrected chi connectivity index (χ0v) is 12.9. The highest BCUT2D eigenvalue weighted by atomic mass is 19.1. The van der Waals surface area contributed by atoms with E-state index in [1.165, 1.54) is 6.07 Å². The molecule has 0 radical (unpaired) electrons. The molecule has 4 heteroatoms. The minimum atomic E-state index is -0.511. The van der Waals surface area contributed by atoms with Gasteiger partial charge >= 0.3 is 0 Å². The van der Waals surface area contributed by atoms with Crippen LogP contribution >= 0.6 is 0 Å². The molecule has 0 fully saturated rings. The van der Waals surface area contributed by atoms with Gasteiger partial charge in [0.1, 0.15) is 11.6 Å². The summed E-state index contributed by atoms with van der Waals surface area (Å²) in [5.41, 5.74) is 6.32. The molecule has 1 unspecified atom stereocenters. The van der Waals surface area contributed by atoms with Crippen molar-refractivity contribution in [1.29, 1.82) is 0 Å². The molecule has 1 rings (SSSR count). The van der Waals surface area contributed by atoms with Crippen LogP contribution in [-0.2, 0) is 0 Å². The molecule has 0 saturated heterocycles. The number of nitrogens with zero attached hydrogens (tertiary/aromatic N) is 1. The molecule has 0 saturated carbocycles. The van der Waals surface area contributed by atoms with Crippen molar-refractivity contribution >= 4 is 0 Å². The van der Waals surface area contributed by atoms with E-state index in [1.807, 2.05) is 0 Å². The molecule has 0 bridgehead atoms. The predicted octanol–water partition coefficient (Wildman–Crippen LogP) is 3.58. The van der Waals surface area contributed by atoms with Crippen molar-refractivity contribution in [2.75, 3.05) is 19.6 Å². The summed E-state index contributed by atoms with van der Waals surface area (Å²) in [6.07, 6.45) is 0. The number of benzene rings is 1. The predicted molar refractivity (Wildman–Crippen MR) is 79.4 cm³/mol. The molecule has 0 heterocycles. The molecule has 0 aromatic heterocycles. The van der Waals surface area contributed by atoms with Gasteiger partial charge in [-0.3, -0.25) is 0 Å². The number of hydrogen-bond donors (Lipinski definition) is 1. The van der Waals surface area contributed by atoms with Crippen LogP contribution in [0.3, 0.4) is 0 Å². The van der Waals surface area contributed by atoms with Gasteiger partial charge in [-0.1, -0.05) is 27.7 Å². The fourth-order valence-corrected chi connectivity index (χ4v) is 2.43. The van der Waals surface area contributed by atoms with E-state index in [4.69, 9.17) is 5.73 Å². The first-order chi connectivity index (χ1) is 9.29. The van der Waals surface area contributed by atoms with Gasteiger partial charge in [-0.2, -0.15) is 0 Å². The average Bonchev–Trinajstić information content (AvgIpc) is 2.30. The van der Waals surface area contributed by atoms with Gasteiger partial charge in [0.15, 0.2) is 0 Å². The molecule has 2 N–H and O–H groups in total. The molecule has 0 aliphatic rings. The average molecular weight is 284 g/mol. The van der Waals surface area contributed by atoms with Gasteiger partial charge in [-0.25, -0.2) is 8.78 Å². The van der Waals surface area contributed by atoms with Gasteiger partial charge < -0.3 is 10.6 Å². The molecule has 1 atom stereocenters. The number of nitrogens with two attached hydrogens (primary N) is 1. The van der Waals surface area contributed by atoms with Crippen LogP contribution in [0.5, 0.6) is 0 Å². The highest BCUT2D eigenvalue weighted by molar-refractivity contribution is 5.22. The standard InChI is InChI=1S/C16H26F2N2/c1-11(2)8-20(9-12(3)4)10-16(19)14-7-13(17)5-6-15(14)18/h5-7,11-12,16H,8-10,19H2,1-4H3. The second-order valence-corrected chi connectivity index (χ2v) is 6.28. The fourth-order valence-electron chi connectivity index (χ4n) is 2.43. The third-order valence-electron chi connectivity index (χ3n) is 3.06. The first kappa shape index (κ1) is 17.1. The molecule has 114 valence electrons. The van der Waals surface area contributed by atoms with Gasteiger partial charge in [0.05, 0.1) is 0 Å². The summed E-state index contributed by atoms with van der Waals surface area (Å²) in [7, 11) is 0. The Morgan fingerprint density at radius 2 is 1.55 bits per heavy atom. The van der Waals surface area contributed by atoms with Crippen molar-refractivity contribution < 1.29 is 8.78 Å². The molecule has 0 aliphatic heterocycles. The summed E-state index contributed by atoms with van der Waals surface area (Å²) < 4.78 is 27.0. The lowest BCUT2D eigenvalue weighted by Crippen LogP contribution is -2.37. The monoisotopic (exact) mass is 284 g/mol. The summed E-state index contributed by atoms with van der Waals surface area (Å²) in [4.78, 5) is 2.23. The zero-order chi connectivity index (χ0) is 15.3. The van der Waals surface area contributed by atoms with Crippen LogP contribution in [0.25, 0.3) is 0 Å². The van der Waals surface area contributed by atoms with Crippen molar-refractivity contribution in [3.8, 4) is 0 Å². The van der Waals surface area contributed by atoms with Crippen LogP contribution in [0.2, 0.25) is 0 Å². The lowest BCUT2D eigenvalue weighted by molar-refractivity contribution is 0.206. The fraction of sp³-hybridized carbons (Fsp3) is 0.625. The normalized spacial score (nSPS) is 13.5. The SMILES string of the molecule is CC(C)CN(CC(C)C)CC(N)c1cc(F)ccc1F. The first-order valence-electron chi connectivity index (χ1n) is 7.22.